The van der Waals surface area contributed by atoms with Crippen molar-refractivity contribution in [2.75, 3.05) is 40.0 Å². The number of methoxy groups -OCH3 is 1. The molecule has 0 heterocycles. The Morgan fingerprint density at radius 2 is 1.92 bits per heavy atom. The molecule has 1 aromatic rings. The highest BCUT2D eigenvalue weighted by atomic mass is 127. The van der Waals surface area contributed by atoms with E-state index in [0.717, 1.165) is 11.3 Å². The summed E-state index contributed by atoms with van der Waals surface area (Å²) in [6.07, 6.45) is 0. The average molecular weight is 464 g/mol. The maximum absolute atomic E-state index is 11.7. The third-order valence-corrected chi connectivity index (χ3v) is 3.07. The zero-order chi connectivity index (χ0) is 17.6. The predicted octanol–water partition coefficient (Wildman–Crippen LogP) is 1.52. The third-order valence-electron chi connectivity index (χ3n) is 3.07. The summed E-state index contributed by atoms with van der Waals surface area (Å²) in [6, 6.07) is 7.80. The van der Waals surface area contributed by atoms with Crippen molar-refractivity contribution in [3.05, 3.63) is 29.8 Å². The number of nitrogens with one attached hydrogen (secondary N) is 3. The highest BCUT2D eigenvalue weighted by Crippen LogP contribution is 2.18. The number of nitrogens with zero attached hydrogens (tertiary/aromatic N) is 1. The number of amides is 1. The lowest BCUT2D eigenvalue weighted by molar-refractivity contribution is -0.120. The second-order valence-electron chi connectivity index (χ2n) is 4.93. The molecule has 0 fully saturated rings. The fourth-order valence-corrected chi connectivity index (χ4v) is 1.96. The lowest BCUT2D eigenvalue weighted by atomic mass is 10.2. The summed E-state index contributed by atoms with van der Waals surface area (Å²) in [5, 5.41) is 8.89. The van der Waals surface area contributed by atoms with Crippen LogP contribution in [0.5, 0.6) is 5.75 Å². The van der Waals surface area contributed by atoms with Crippen molar-refractivity contribution in [3.8, 4) is 5.75 Å². The van der Waals surface area contributed by atoms with Crippen molar-refractivity contribution in [2.24, 2.45) is 4.99 Å². The van der Waals surface area contributed by atoms with Crippen molar-refractivity contribution in [2.45, 2.75) is 20.4 Å². The zero-order valence-electron chi connectivity index (χ0n) is 15.1. The van der Waals surface area contributed by atoms with Crippen LogP contribution in [0.4, 0.5) is 0 Å². The monoisotopic (exact) mass is 464 g/mol. The number of benzene rings is 1. The van der Waals surface area contributed by atoms with Gasteiger partial charge in [-0.15, -0.1) is 24.0 Å². The van der Waals surface area contributed by atoms with Gasteiger partial charge >= 0.3 is 0 Å². The maximum atomic E-state index is 11.7. The average Bonchev–Trinajstić information content (AvgIpc) is 2.59. The molecule has 3 N–H and O–H groups in total. The molecule has 1 aromatic carbocycles. The number of carbonyl (C=O) groups is 1. The standard InChI is InChI=1S/C17H28N4O3.HI/c1-4-18-17(21-13-16(22)19-10-11-23-3)20-12-14-8-6-7-9-15(14)24-5-2;/h6-9H,4-5,10-13H2,1-3H3,(H,19,22)(H2,18,20,21);1H. The second kappa shape index (κ2) is 14.8. The van der Waals surface area contributed by atoms with Crippen LogP contribution < -0.4 is 20.7 Å². The van der Waals surface area contributed by atoms with E-state index in [4.69, 9.17) is 9.47 Å². The number of carbonyl (C=O) groups excluding carboxylic acids is 1. The molecule has 1 rings (SSSR count). The van der Waals surface area contributed by atoms with E-state index in [-0.39, 0.29) is 36.4 Å². The molecule has 0 bridgehead atoms. The summed E-state index contributed by atoms with van der Waals surface area (Å²) >= 11 is 0. The Bertz CT molecular complexity index is 526. The molecule has 0 spiro atoms. The Hall–Kier alpha value is -1.55. The van der Waals surface area contributed by atoms with Crippen LogP contribution in [0.25, 0.3) is 0 Å². The van der Waals surface area contributed by atoms with Crippen molar-refractivity contribution in [1.29, 1.82) is 0 Å². The molecule has 0 aromatic heterocycles. The Kier molecular flexibility index (Phi) is 13.8. The van der Waals surface area contributed by atoms with Gasteiger partial charge in [-0.2, -0.15) is 0 Å². The van der Waals surface area contributed by atoms with Crippen LogP contribution in [-0.2, 0) is 16.1 Å². The van der Waals surface area contributed by atoms with E-state index in [2.05, 4.69) is 20.9 Å². The van der Waals surface area contributed by atoms with E-state index in [1.165, 1.54) is 0 Å². The first-order valence-electron chi connectivity index (χ1n) is 8.19. The fourth-order valence-electron chi connectivity index (χ4n) is 1.96. The van der Waals surface area contributed by atoms with Crippen LogP contribution in [0.2, 0.25) is 0 Å². The molecule has 25 heavy (non-hydrogen) atoms. The van der Waals surface area contributed by atoms with Crippen molar-refractivity contribution in [1.82, 2.24) is 16.0 Å². The topological polar surface area (TPSA) is 84.0 Å². The number of aliphatic imine (C=N–C) groups is 1. The van der Waals surface area contributed by atoms with E-state index in [1.54, 1.807) is 7.11 Å². The molecule has 0 saturated carbocycles. The minimum atomic E-state index is -0.104. The number of hydrogen-bond acceptors (Lipinski definition) is 4. The molecule has 7 nitrogen and oxygen atoms in total. The van der Waals surface area contributed by atoms with Gasteiger partial charge in [0.2, 0.25) is 5.91 Å². The first-order chi connectivity index (χ1) is 11.7. The molecule has 0 saturated heterocycles. The summed E-state index contributed by atoms with van der Waals surface area (Å²) in [4.78, 5) is 16.2. The van der Waals surface area contributed by atoms with Crippen LogP contribution in [0.3, 0.4) is 0 Å². The van der Waals surface area contributed by atoms with Gasteiger partial charge in [-0.25, -0.2) is 4.99 Å². The smallest absolute Gasteiger partial charge is 0.239 e. The molecular formula is C17H29IN4O3. The largest absolute Gasteiger partial charge is 0.494 e. The molecule has 0 radical (unpaired) electrons. The van der Waals surface area contributed by atoms with E-state index in [0.29, 0.717) is 38.8 Å². The van der Waals surface area contributed by atoms with Crippen LogP contribution in [0.15, 0.2) is 29.3 Å². The number of rotatable bonds is 10. The Balaban J connectivity index is 0.00000576. The SMILES string of the molecule is CCNC(=NCc1ccccc1OCC)NCC(=O)NCCOC.I. The van der Waals surface area contributed by atoms with Gasteiger partial charge in [-0.1, -0.05) is 18.2 Å². The van der Waals surface area contributed by atoms with Gasteiger partial charge in [-0.05, 0) is 19.9 Å². The molecule has 1 amide bonds. The lowest BCUT2D eigenvalue weighted by Crippen LogP contribution is -2.43. The zero-order valence-corrected chi connectivity index (χ0v) is 17.5. The molecule has 0 atom stereocenters. The van der Waals surface area contributed by atoms with Crippen LogP contribution in [0, 0.1) is 0 Å². The van der Waals surface area contributed by atoms with E-state index >= 15 is 0 Å². The van der Waals surface area contributed by atoms with E-state index in [1.807, 2.05) is 38.1 Å². The van der Waals surface area contributed by atoms with Crippen molar-refractivity contribution < 1.29 is 14.3 Å². The van der Waals surface area contributed by atoms with Gasteiger partial charge in [0.15, 0.2) is 5.96 Å². The van der Waals surface area contributed by atoms with Crippen molar-refractivity contribution >= 4 is 35.8 Å². The molecule has 0 aliphatic carbocycles. The first-order valence-corrected chi connectivity index (χ1v) is 8.19. The summed E-state index contributed by atoms with van der Waals surface area (Å²) in [7, 11) is 1.60. The number of hydrogen-bond donors (Lipinski definition) is 3. The van der Waals surface area contributed by atoms with E-state index in [9.17, 15) is 4.79 Å². The van der Waals surface area contributed by atoms with E-state index < -0.39 is 0 Å². The Labute approximate surface area is 167 Å². The highest BCUT2D eigenvalue weighted by molar-refractivity contribution is 14.0. The summed E-state index contributed by atoms with van der Waals surface area (Å²) in [6.45, 7) is 6.86. The van der Waals surface area contributed by atoms with Gasteiger partial charge < -0.3 is 25.4 Å². The fraction of sp³-hybridized carbons (Fsp3) is 0.529. The molecule has 0 aliphatic heterocycles. The molecule has 8 heteroatoms. The summed E-state index contributed by atoms with van der Waals surface area (Å²) < 4.78 is 10.5. The molecular weight excluding hydrogens is 435 g/mol. The van der Waals surface area contributed by atoms with Gasteiger partial charge in [0.05, 0.1) is 26.3 Å². The van der Waals surface area contributed by atoms with Crippen LogP contribution >= 0.6 is 24.0 Å². The minimum absolute atomic E-state index is 0. The second-order valence-corrected chi connectivity index (χ2v) is 4.93. The maximum Gasteiger partial charge on any atom is 0.239 e. The molecule has 0 aliphatic rings. The van der Waals surface area contributed by atoms with Crippen molar-refractivity contribution in [3.63, 3.8) is 0 Å². The first kappa shape index (κ1) is 23.4. The quantitative estimate of drug-likeness (QED) is 0.212. The Morgan fingerprint density at radius 1 is 1.16 bits per heavy atom. The lowest BCUT2D eigenvalue weighted by Gasteiger charge is -2.12. The number of ether oxygens (including phenoxy) is 2. The summed E-state index contributed by atoms with van der Waals surface area (Å²) in [5.41, 5.74) is 1.00. The molecule has 142 valence electrons. The predicted molar refractivity (Wildman–Crippen MR) is 111 cm³/mol. The van der Waals surface area contributed by atoms with Gasteiger partial charge in [-0.3, -0.25) is 4.79 Å². The third kappa shape index (κ3) is 10.1. The number of para-hydroxylation sites is 1. The van der Waals surface area contributed by atoms with Crippen LogP contribution in [-0.4, -0.2) is 51.8 Å². The minimum Gasteiger partial charge on any atom is -0.494 e. The number of halogens is 1. The summed E-state index contributed by atoms with van der Waals surface area (Å²) in [5.74, 6) is 1.31. The highest BCUT2D eigenvalue weighted by Gasteiger charge is 2.05. The van der Waals surface area contributed by atoms with Crippen LogP contribution in [0.1, 0.15) is 19.4 Å². The number of guanidine groups is 1. The Morgan fingerprint density at radius 3 is 2.60 bits per heavy atom. The van der Waals surface area contributed by atoms with Gasteiger partial charge in [0, 0.05) is 25.8 Å². The normalized spacial score (nSPS) is 10.6. The molecule has 0 unspecified atom stereocenters. The van der Waals surface area contributed by atoms with Gasteiger partial charge in [0.1, 0.15) is 5.75 Å². The van der Waals surface area contributed by atoms with Gasteiger partial charge in [0.25, 0.3) is 0 Å².